The van der Waals surface area contributed by atoms with Gasteiger partial charge in [0.05, 0.1) is 5.02 Å². The predicted molar refractivity (Wildman–Crippen MR) is 76.8 cm³/mol. The lowest BCUT2D eigenvalue weighted by Crippen LogP contribution is -2.05. The molecule has 0 spiro atoms. The van der Waals surface area contributed by atoms with Gasteiger partial charge in [0, 0.05) is 18.8 Å². The van der Waals surface area contributed by atoms with E-state index in [1.54, 1.807) is 0 Å². The van der Waals surface area contributed by atoms with Gasteiger partial charge < -0.3 is 10.1 Å². The molecule has 19 heavy (non-hydrogen) atoms. The van der Waals surface area contributed by atoms with E-state index in [4.69, 9.17) is 16.3 Å². The van der Waals surface area contributed by atoms with Gasteiger partial charge in [-0.3, -0.25) is 0 Å². The summed E-state index contributed by atoms with van der Waals surface area (Å²) in [7, 11) is 1.82. The Morgan fingerprint density at radius 3 is 2.74 bits per heavy atom. The molecular formula is C14H16ClN3O. The molecule has 0 bridgehead atoms. The van der Waals surface area contributed by atoms with Gasteiger partial charge in [-0.15, -0.1) is 0 Å². The van der Waals surface area contributed by atoms with Crippen LogP contribution >= 0.6 is 11.6 Å². The third-order valence-corrected chi connectivity index (χ3v) is 2.91. The number of nitrogens with zero attached hydrogens (tertiary/aromatic N) is 2. The molecular weight excluding hydrogens is 262 g/mol. The normalized spacial score (nSPS) is 10.3. The summed E-state index contributed by atoms with van der Waals surface area (Å²) >= 11 is 6.07. The Kier molecular flexibility index (Phi) is 4.22. The Balaban J connectivity index is 2.14. The molecule has 100 valence electrons. The maximum absolute atomic E-state index is 6.07. The van der Waals surface area contributed by atoms with Gasteiger partial charge >= 0.3 is 0 Å². The second kappa shape index (κ2) is 5.89. The van der Waals surface area contributed by atoms with Gasteiger partial charge in [0.1, 0.15) is 18.2 Å². The first-order chi connectivity index (χ1) is 9.08. The molecule has 0 saturated carbocycles. The Labute approximate surface area is 117 Å². The molecule has 1 aromatic heterocycles. The molecule has 2 aromatic rings. The molecule has 2 rings (SSSR count). The minimum absolute atomic E-state index is 0.291. The molecule has 0 aliphatic heterocycles. The van der Waals surface area contributed by atoms with Gasteiger partial charge in [0.2, 0.25) is 0 Å². The lowest BCUT2D eigenvalue weighted by Gasteiger charge is -2.09. The Morgan fingerprint density at radius 2 is 2.00 bits per heavy atom. The van der Waals surface area contributed by atoms with E-state index in [9.17, 15) is 0 Å². The van der Waals surface area contributed by atoms with E-state index >= 15 is 0 Å². The topological polar surface area (TPSA) is 47.0 Å². The first kappa shape index (κ1) is 13.6. The van der Waals surface area contributed by atoms with Gasteiger partial charge in [-0.2, -0.15) is 0 Å². The molecule has 0 aliphatic rings. The zero-order valence-corrected chi connectivity index (χ0v) is 12.0. The van der Waals surface area contributed by atoms with Gasteiger partial charge in [-0.05, 0) is 31.5 Å². The van der Waals surface area contributed by atoms with Crippen LogP contribution in [0.4, 0.5) is 5.82 Å². The predicted octanol–water partition coefficient (Wildman–Crippen LogP) is 3.37. The summed E-state index contributed by atoms with van der Waals surface area (Å²) in [5.74, 6) is 2.06. The average Bonchev–Trinajstić information content (AvgIpc) is 2.39. The Bertz CT molecular complexity index is 587. The number of aryl methyl sites for hydroxylation is 2. The van der Waals surface area contributed by atoms with Crippen molar-refractivity contribution in [1.82, 2.24) is 9.97 Å². The molecule has 1 aromatic carbocycles. The summed E-state index contributed by atoms with van der Waals surface area (Å²) in [6.07, 6.45) is 0. The molecule has 0 fully saturated rings. The summed E-state index contributed by atoms with van der Waals surface area (Å²) in [5.41, 5.74) is 1.99. The number of hydrogen-bond acceptors (Lipinski definition) is 4. The van der Waals surface area contributed by atoms with Crippen molar-refractivity contribution in [3.8, 4) is 5.75 Å². The fourth-order valence-corrected chi connectivity index (χ4v) is 1.86. The van der Waals surface area contributed by atoms with Crippen molar-refractivity contribution < 1.29 is 4.74 Å². The highest BCUT2D eigenvalue weighted by molar-refractivity contribution is 6.32. The SMILES string of the molecule is CNc1cc(C)nc(COc2cc(C)ccc2Cl)n1. The minimum Gasteiger partial charge on any atom is -0.484 e. The smallest absolute Gasteiger partial charge is 0.168 e. The summed E-state index contributed by atoms with van der Waals surface area (Å²) in [6.45, 7) is 4.21. The highest BCUT2D eigenvalue weighted by atomic mass is 35.5. The highest BCUT2D eigenvalue weighted by Crippen LogP contribution is 2.25. The van der Waals surface area contributed by atoms with Crippen LogP contribution in [0.25, 0.3) is 0 Å². The standard InChI is InChI=1S/C14H16ClN3O/c1-9-4-5-11(15)12(6-9)19-8-14-17-10(2)7-13(16-3)18-14/h4-7H,8H2,1-3H3,(H,16,17,18). The van der Waals surface area contributed by atoms with E-state index in [1.807, 2.05) is 45.2 Å². The second-order valence-electron chi connectivity index (χ2n) is 4.28. The van der Waals surface area contributed by atoms with E-state index in [0.29, 0.717) is 23.2 Å². The lowest BCUT2D eigenvalue weighted by atomic mass is 10.2. The van der Waals surface area contributed by atoms with Crippen LogP contribution in [0.5, 0.6) is 5.75 Å². The molecule has 0 amide bonds. The van der Waals surface area contributed by atoms with Crippen LogP contribution < -0.4 is 10.1 Å². The number of hydrogen-bond donors (Lipinski definition) is 1. The lowest BCUT2D eigenvalue weighted by molar-refractivity contribution is 0.295. The van der Waals surface area contributed by atoms with E-state index in [-0.39, 0.29) is 0 Å². The summed E-state index contributed by atoms with van der Waals surface area (Å²) in [4.78, 5) is 8.66. The molecule has 0 aliphatic carbocycles. The average molecular weight is 278 g/mol. The van der Waals surface area contributed by atoms with E-state index in [0.717, 1.165) is 17.1 Å². The van der Waals surface area contributed by atoms with Crippen LogP contribution in [-0.4, -0.2) is 17.0 Å². The Hall–Kier alpha value is -1.81. The zero-order valence-electron chi connectivity index (χ0n) is 11.2. The van der Waals surface area contributed by atoms with Crippen LogP contribution in [0, 0.1) is 13.8 Å². The van der Waals surface area contributed by atoms with Gasteiger partial charge in [-0.1, -0.05) is 17.7 Å². The van der Waals surface area contributed by atoms with Crippen LogP contribution in [-0.2, 0) is 6.61 Å². The number of benzene rings is 1. The van der Waals surface area contributed by atoms with Crippen molar-refractivity contribution in [3.63, 3.8) is 0 Å². The van der Waals surface area contributed by atoms with Crippen molar-refractivity contribution in [2.24, 2.45) is 0 Å². The molecule has 1 heterocycles. The molecule has 0 unspecified atom stereocenters. The van der Waals surface area contributed by atoms with Crippen LogP contribution in [0.3, 0.4) is 0 Å². The van der Waals surface area contributed by atoms with Crippen molar-refractivity contribution in [2.45, 2.75) is 20.5 Å². The van der Waals surface area contributed by atoms with Crippen LogP contribution in [0.1, 0.15) is 17.1 Å². The van der Waals surface area contributed by atoms with Crippen LogP contribution in [0.15, 0.2) is 24.3 Å². The second-order valence-corrected chi connectivity index (χ2v) is 4.69. The molecule has 5 heteroatoms. The number of aromatic nitrogens is 2. The zero-order chi connectivity index (χ0) is 13.8. The maximum atomic E-state index is 6.07. The number of nitrogens with one attached hydrogen (secondary N) is 1. The van der Waals surface area contributed by atoms with Gasteiger partial charge in [-0.25, -0.2) is 9.97 Å². The minimum atomic E-state index is 0.291. The molecule has 0 saturated heterocycles. The van der Waals surface area contributed by atoms with E-state index in [2.05, 4.69) is 15.3 Å². The number of anilines is 1. The number of halogens is 1. The fraction of sp³-hybridized carbons (Fsp3) is 0.286. The van der Waals surface area contributed by atoms with Crippen molar-refractivity contribution in [2.75, 3.05) is 12.4 Å². The van der Waals surface area contributed by atoms with Crippen LogP contribution in [0.2, 0.25) is 5.02 Å². The molecule has 0 radical (unpaired) electrons. The number of ether oxygens (including phenoxy) is 1. The Morgan fingerprint density at radius 1 is 1.21 bits per heavy atom. The monoisotopic (exact) mass is 277 g/mol. The first-order valence-electron chi connectivity index (χ1n) is 6.00. The molecule has 1 N–H and O–H groups in total. The third kappa shape index (κ3) is 3.58. The summed E-state index contributed by atoms with van der Waals surface area (Å²) in [6, 6.07) is 7.54. The quantitative estimate of drug-likeness (QED) is 0.931. The largest absolute Gasteiger partial charge is 0.484 e. The van der Waals surface area contributed by atoms with Crippen molar-refractivity contribution in [1.29, 1.82) is 0 Å². The van der Waals surface area contributed by atoms with E-state index in [1.165, 1.54) is 0 Å². The summed E-state index contributed by atoms with van der Waals surface area (Å²) in [5, 5.41) is 3.58. The summed E-state index contributed by atoms with van der Waals surface area (Å²) < 4.78 is 5.67. The van der Waals surface area contributed by atoms with Crippen molar-refractivity contribution >= 4 is 17.4 Å². The molecule has 4 nitrogen and oxygen atoms in total. The highest BCUT2D eigenvalue weighted by Gasteiger charge is 2.05. The van der Waals surface area contributed by atoms with E-state index < -0.39 is 0 Å². The van der Waals surface area contributed by atoms with Crippen molar-refractivity contribution in [3.05, 3.63) is 46.4 Å². The van der Waals surface area contributed by atoms with Gasteiger partial charge in [0.25, 0.3) is 0 Å². The first-order valence-corrected chi connectivity index (χ1v) is 6.37. The molecule has 0 atom stereocenters. The number of rotatable bonds is 4. The van der Waals surface area contributed by atoms with Gasteiger partial charge in [0.15, 0.2) is 5.82 Å². The maximum Gasteiger partial charge on any atom is 0.168 e. The fourth-order valence-electron chi connectivity index (χ4n) is 1.69. The third-order valence-electron chi connectivity index (χ3n) is 2.60.